The summed E-state index contributed by atoms with van der Waals surface area (Å²) in [6.07, 6.45) is -0.00800. The van der Waals surface area contributed by atoms with Gasteiger partial charge in [0.25, 0.3) is 5.91 Å². The van der Waals surface area contributed by atoms with Crippen molar-refractivity contribution >= 4 is 17.4 Å². The van der Waals surface area contributed by atoms with Gasteiger partial charge in [-0.1, -0.05) is 24.0 Å². The van der Waals surface area contributed by atoms with Gasteiger partial charge in [-0.3, -0.25) is 9.59 Å². The number of carbonyl (C=O) groups is 2. The molecule has 1 unspecified atom stereocenters. The number of nitrogens with zero attached hydrogens (tertiary/aromatic N) is 1. The standard InChI is InChI=1S/C27H34N2O6/c1-7-34-21-13-10-19(16-22(21)33-6)24-23(26(31)27(32)29(24)15-14-28(4)5)25(30)18-8-11-20(12-9-18)35-17(2)3/h8-13,16-17,24,30H,7,14-15H2,1-6H3. The van der Waals surface area contributed by atoms with E-state index in [4.69, 9.17) is 14.2 Å². The van der Waals surface area contributed by atoms with Crippen molar-refractivity contribution < 1.29 is 33.8 Å². The molecule has 1 heterocycles. The second-order valence-corrected chi connectivity index (χ2v) is 8.96. The first kappa shape index (κ1) is 26.1. The van der Waals surface area contributed by atoms with Crippen molar-refractivity contribution in [2.75, 3.05) is 40.9 Å². The van der Waals surface area contributed by atoms with Gasteiger partial charge in [0.1, 0.15) is 5.75 Å². The number of Topliss-reactive ketones (excluding diaryl/α,β-unsaturated/α-hetero) is 1. The fourth-order valence-electron chi connectivity index (χ4n) is 4.03. The Kier molecular flexibility index (Phi) is 8.40. The molecule has 3 rings (SSSR count). The van der Waals surface area contributed by atoms with Crippen LogP contribution in [0.3, 0.4) is 0 Å². The fraction of sp³-hybridized carbons (Fsp3) is 0.407. The summed E-state index contributed by atoms with van der Waals surface area (Å²) in [6.45, 7) is 7.10. The molecule has 0 saturated carbocycles. The Hall–Kier alpha value is -3.52. The van der Waals surface area contributed by atoms with E-state index in [2.05, 4.69) is 0 Å². The van der Waals surface area contributed by atoms with Gasteiger partial charge in [0.2, 0.25) is 5.78 Å². The summed E-state index contributed by atoms with van der Waals surface area (Å²) in [7, 11) is 5.46. The summed E-state index contributed by atoms with van der Waals surface area (Å²) in [4.78, 5) is 28.8. The molecule has 0 aliphatic carbocycles. The van der Waals surface area contributed by atoms with Crippen LogP contribution in [0.4, 0.5) is 0 Å². The highest BCUT2D eigenvalue weighted by Crippen LogP contribution is 2.41. The number of hydrogen-bond donors (Lipinski definition) is 1. The molecule has 2 aromatic rings. The lowest BCUT2D eigenvalue weighted by Gasteiger charge is -2.28. The number of benzene rings is 2. The molecule has 8 heteroatoms. The number of ether oxygens (including phenoxy) is 3. The molecule has 1 amide bonds. The molecule has 0 bridgehead atoms. The second-order valence-electron chi connectivity index (χ2n) is 8.96. The Labute approximate surface area is 206 Å². The lowest BCUT2D eigenvalue weighted by molar-refractivity contribution is -0.857. The zero-order valence-electron chi connectivity index (χ0n) is 21.2. The van der Waals surface area contributed by atoms with E-state index in [9.17, 15) is 14.7 Å². The van der Waals surface area contributed by atoms with Crippen LogP contribution in [0.2, 0.25) is 0 Å². The van der Waals surface area contributed by atoms with Crippen molar-refractivity contribution in [2.45, 2.75) is 32.9 Å². The van der Waals surface area contributed by atoms with Gasteiger partial charge in [0, 0.05) is 5.57 Å². The van der Waals surface area contributed by atoms with E-state index >= 15 is 0 Å². The predicted molar refractivity (Wildman–Crippen MR) is 130 cm³/mol. The maximum atomic E-state index is 13.6. The number of nitrogens with one attached hydrogen (secondary N) is 1. The second kappa shape index (κ2) is 11.3. The van der Waals surface area contributed by atoms with E-state index in [0.29, 0.717) is 48.1 Å². The zero-order valence-corrected chi connectivity index (χ0v) is 21.2. The Balaban J connectivity index is 2.12. The molecule has 1 saturated heterocycles. The molecule has 0 radical (unpaired) electrons. The van der Waals surface area contributed by atoms with E-state index < -0.39 is 23.5 Å². The Bertz CT molecular complexity index is 1090. The molecule has 8 nitrogen and oxygen atoms in total. The number of methoxy groups -OCH3 is 1. The molecule has 1 atom stereocenters. The quantitative estimate of drug-likeness (QED) is 0.311. The molecule has 1 fully saturated rings. The largest absolute Gasteiger partial charge is 0.872 e. The zero-order chi connectivity index (χ0) is 25.7. The highest BCUT2D eigenvalue weighted by molar-refractivity contribution is 6.46. The summed E-state index contributed by atoms with van der Waals surface area (Å²) in [5.74, 6) is -0.282. The number of carbonyl (C=O) groups excluding carboxylic acids is 2. The van der Waals surface area contributed by atoms with Gasteiger partial charge < -0.3 is 29.1 Å². The maximum absolute atomic E-state index is 13.6. The van der Waals surface area contributed by atoms with E-state index in [1.165, 1.54) is 12.0 Å². The van der Waals surface area contributed by atoms with Crippen LogP contribution in [-0.2, 0) is 9.59 Å². The van der Waals surface area contributed by atoms with Crippen molar-refractivity contribution in [1.29, 1.82) is 0 Å². The Morgan fingerprint density at radius 1 is 1.09 bits per heavy atom. The molecule has 188 valence electrons. The van der Waals surface area contributed by atoms with Crippen molar-refractivity contribution in [2.24, 2.45) is 0 Å². The van der Waals surface area contributed by atoms with Gasteiger partial charge in [0.15, 0.2) is 11.5 Å². The van der Waals surface area contributed by atoms with Crippen molar-refractivity contribution in [3.63, 3.8) is 0 Å². The van der Waals surface area contributed by atoms with E-state index in [-0.39, 0.29) is 11.7 Å². The highest BCUT2D eigenvalue weighted by atomic mass is 16.5. The summed E-state index contributed by atoms with van der Waals surface area (Å²) in [6, 6.07) is 11.0. The normalized spacial score (nSPS) is 17.4. The first-order valence-corrected chi connectivity index (χ1v) is 11.8. The summed E-state index contributed by atoms with van der Waals surface area (Å²) in [5.41, 5.74) is 0.870. The number of amides is 1. The van der Waals surface area contributed by atoms with E-state index in [1.54, 1.807) is 42.5 Å². The van der Waals surface area contributed by atoms with Crippen LogP contribution in [0, 0.1) is 0 Å². The lowest BCUT2D eigenvalue weighted by Crippen LogP contribution is -3.06. The number of likely N-dealkylation sites (N-methyl/N-ethyl adjacent to an activating group) is 1. The smallest absolute Gasteiger partial charge is 0.295 e. The van der Waals surface area contributed by atoms with Crippen molar-refractivity contribution in [3.05, 3.63) is 59.2 Å². The van der Waals surface area contributed by atoms with Gasteiger partial charge in [-0.15, -0.1) is 0 Å². The van der Waals surface area contributed by atoms with Crippen LogP contribution < -0.4 is 24.2 Å². The Morgan fingerprint density at radius 3 is 2.34 bits per heavy atom. The SMILES string of the molecule is CCOc1ccc(C2C(=C([O-])c3ccc(OC(C)C)cc3)C(=O)C(=O)N2CC[NH+](C)C)cc1OC. The van der Waals surface area contributed by atoms with Gasteiger partial charge in [-0.25, -0.2) is 0 Å². The minimum atomic E-state index is -0.821. The Morgan fingerprint density at radius 2 is 1.77 bits per heavy atom. The van der Waals surface area contributed by atoms with Crippen molar-refractivity contribution in [1.82, 2.24) is 4.90 Å². The number of ketones is 1. The molecular formula is C27H34N2O6. The van der Waals surface area contributed by atoms with Crippen LogP contribution in [0.25, 0.3) is 5.76 Å². The predicted octanol–water partition coefficient (Wildman–Crippen LogP) is 1.25. The molecule has 0 spiro atoms. The third-order valence-corrected chi connectivity index (χ3v) is 5.67. The van der Waals surface area contributed by atoms with E-state index in [0.717, 1.165) is 4.90 Å². The fourth-order valence-corrected chi connectivity index (χ4v) is 4.03. The van der Waals surface area contributed by atoms with Gasteiger partial charge in [-0.2, -0.15) is 0 Å². The topological polar surface area (TPSA) is 92.6 Å². The summed E-state index contributed by atoms with van der Waals surface area (Å²) >= 11 is 0. The molecule has 2 aromatic carbocycles. The average Bonchev–Trinajstić information content (AvgIpc) is 3.07. The van der Waals surface area contributed by atoms with Crippen LogP contribution >= 0.6 is 0 Å². The highest BCUT2D eigenvalue weighted by Gasteiger charge is 2.44. The van der Waals surface area contributed by atoms with Crippen LogP contribution in [0.15, 0.2) is 48.0 Å². The summed E-state index contributed by atoms with van der Waals surface area (Å²) in [5, 5.41) is 13.6. The van der Waals surface area contributed by atoms with Gasteiger partial charge >= 0.3 is 0 Å². The monoisotopic (exact) mass is 482 g/mol. The van der Waals surface area contributed by atoms with Crippen LogP contribution in [-0.4, -0.2) is 63.6 Å². The maximum Gasteiger partial charge on any atom is 0.295 e. The molecule has 0 aromatic heterocycles. The molecule has 35 heavy (non-hydrogen) atoms. The molecule has 1 aliphatic rings. The summed E-state index contributed by atoms with van der Waals surface area (Å²) < 4.78 is 16.8. The minimum Gasteiger partial charge on any atom is -0.872 e. The van der Waals surface area contributed by atoms with Gasteiger partial charge in [0.05, 0.1) is 53.0 Å². The number of quaternary nitrogens is 1. The van der Waals surface area contributed by atoms with Gasteiger partial charge in [-0.05, 0) is 56.2 Å². The molecule has 1 aliphatic heterocycles. The third-order valence-electron chi connectivity index (χ3n) is 5.67. The first-order chi connectivity index (χ1) is 16.7. The lowest BCUT2D eigenvalue weighted by atomic mass is 9.95. The first-order valence-electron chi connectivity index (χ1n) is 11.8. The van der Waals surface area contributed by atoms with Crippen LogP contribution in [0.1, 0.15) is 37.9 Å². The minimum absolute atomic E-state index is 0.00800. The van der Waals surface area contributed by atoms with E-state index in [1.807, 2.05) is 34.9 Å². The number of rotatable bonds is 10. The third kappa shape index (κ3) is 5.77. The van der Waals surface area contributed by atoms with Crippen LogP contribution in [0.5, 0.6) is 17.2 Å². The molecule has 1 N–H and O–H groups in total. The van der Waals surface area contributed by atoms with Crippen molar-refractivity contribution in [3.8, 4) is 17.2 Å². The average molecular weight is 483 g/mol. The number of hydrogen-bond acceptors (Lipinski definition) is 6. The number of likely N-dealkylation sites (tertiary alicyclic amines) is 1. The molecular weight excluding hydrogens is 448 g/mol.